The second-order valence-electron chi connectivity index (χ2n) is 8.90. The second kappa shape index (κ2) is 9.40. The number of rotatable bonds is 6. The molecule has 4 heterocycles. The molecule has 1 aromatic carbocycles. The Balaban J connectivity index is 1.35. The lowest BCUT2D eigenvalue weighted by Crippen LogP contribution is -2.52. The summed E-state index contributed by atoms with van der Waals surface area (Å²) in [5.74, 6) is -0.422. The summed E-state index contributed by atoms with van der Waals surface area (Å²) in [5, 5.41) is 10.5. The molecule has 0 saturated carbocycles. The second-order valence-corrected chi connectivity index (χ2v) is 8.90. The van der Waals surface area contributed by atoms with Crippen molar-refractivity contribution in [2.24, 2.45) is 0 Å². The normalized spacial score (nSPS) is 23.5. The number of amides is 2. The lowest BCUT2D eigenvalue weighted by atomic mass is 9.94. The molecule has 0 aliphatic carbocycles. The molecule has 2 aromatic rings. The molecule has 1 aromatic heterocycles. The number of imide groups is 1. The molecule has 2 atom stereocenters. The highest BCUT2D eigenvalue weighted by atomic mass is 16.2. The van der Waals surface area contributed by atoms with E-state index in [2.05, 4.69) is 25.3 Å². The van der Waals surface area contributed by atoms with Gasteiger partial charge in [0.2, 0.25) is 17.6 Å². The number of anilines is 1. The van der Waals surface area contributed by atoms with Crippen LogP contribution in [0, 0.1) is 0 Å². The fraction of sp³-hybridized carbons (Fsp3) is 0.417. The van der Waals surface area contributed by atoms with E-state index in [1.165, 1.54) is 0 Å². The van der Waals surface area contributed by atoms with Gasteiger partial charge in [-0.15, -0.1) is 5.10 Å². The first-order chi connectivity index (χ1) is 16.5. The maximum absolute atomic E-state index is 12.8. The Hall–Kier alpha value is -3.50. The minimum absolute atomic E-state index is 0.216. The molecule has 3 aliphatic rings. The Bertz CT molecular complexity index is 1120. The van der Waals surface area contributed by atoms with Crippen molar-refractivity contribution >= 4 is 29.7 Å². The summed E-state index contributed by atoms with van der Waals surface area (Å²) in [5.41, 5.74) is 2.75. The Labute approximate surface area is 196 Å². The van der Waals surface area contributed by atoms with Crippen LogP contribution in [0.2, 0.25) is 0 Å². The van der Waals surface area contributed by atoms with E-state index in [0.29, 0.717) is 25.8 Å². The standard InChI is InChI=1S/C24H26N6O4/c31-15-19(32)23-22-16(13-28-9-11-29(12-10-28)20-5-2-8-25-27-20)3-1-4-17(22)14-30(23)18-6-7-21(33)26-24(18)34/h1-5,8,15,18,23H,6-7,9-14H2,(H,26,33,34). The average molecular weight is 463 g/mol. The SMILES string of the molecule is O=CC(=O)C1c2c(CN3CCN(c4cccnn4)CC3)cccc2CN1C1CCC(=O)NC1=O. The molecule has 10 nitrogen and oxygen atoms in total. The van der Waals surface area contributed by atoms with Crippen molar-refractivity contribution in [1.82, 2.24) is 25.3 Å². The lowest BCUT2D eigenvalue weighted by Gasteiger charge is -2.36. The Kier molecular flexibility index (Phi) is 6.16. The molecule has 34 heavy (non-hydrogen) atoms. The highest BCUT2D eigenvalue weighted by Gasteiger charge is 2.44. The van der Waals surface area contributed by atoms with Crippen molar-refractivity contribution in [2.45, 2.75) is 38.0 Å². The quantitative estimate of drug-likeness (QED) is 0.366. The summed E-state index contributed by atoms with van der Waals surface area (Å²) in [4.78, 5) is 54.9. The minimum Gasteiger partial charge on any atom is -0.353 e. The first-order valence-electron chi connectivity index (χ1n) is 11.5. The summed E-state index contributed by atoms with van der Waals surface area (Å²) in [6.45, 7) is 4.30. The van der Waals surface area contributed by atoms with Crippen LogP contribution in [-0.4, -0.2) is 76.1 Å². The van der Waals surface area contributed by atoms with Gasteiger partial charge < -0.3 is 4.90 Å². The number of aromatic nitrogens is 2. The fourth-order valence-electron chi connectivity index (χ4n) is 5.24. The average Bonchev–Trinajstić information content (AvgIpc) is 3.25. The molecule has 3 aliphatic heterocycles. The van der Waals surface area contributed by atoms with Crippen molar-refractivity contribution in [3.8, 4) is 0 Å². The van der Waals surface area contributed by atoms with Crippen molar-refractivity contribution in [2.75, 3.05) is 31.1 Å². The van der Waals surface area contributed by atoms with Gasteiger partial charge in [-0.25, -0.2) is 0 Å². The number of carbonyl (C=O) groups excluding carboxylic acids is 4. The van der Waals surface area contributed by atoms with Gasteiger partial charge in [0.1, 0.15) is 6.04 Å². The van der Waals surface area contributed by atoms with Crippen LogP contribution in [0.5, 0.6) is 0 Å². The molecular weight excluding hydrogens is 436 g/mol. The summed E-state index contributed by atoms with van der Waals surface area (Å²) >= 11 is 0. The number of ketones is 1. The molecule has 0 radical (unpaired) electrons. The van der Waals surface area contributed by atoms with E-state index < -0.39 is 23.8 Å². The molecule has 1 N–H and O–H groups in total. The zero-order chi connectivity index (χ0) is 23.7. The van der Waals surface area contributed by atoms with E-state index in [0.717, 1.165) is 48.7 Å². The molecule has 176 valence electrons. The van der Waals surface area contributed by atoms with Gasteiger partial charge in [-0.2, -0.15) is 5.10 Å². The van der Waals surface area contributed by atoms with Crippen molar-refractivity contribution in [1.29, 1.82) is 0 Å². The third-order valence-corrected chi connectivity index (χ3v) is 6.89. The van der Waals surface area contributed by atoms with Gasteiger partial charge in [-0.1, -0.05) is 18.2 Å². The van der Waals surface area contributed by atoms with Crippen LogP contribution in [0.25, 0.3) is 0 Å². The fourth-order valence-corrected chi connectivity index (χ4v) is 5.24. The van der Waals surface area contributed by atoms with Crippen LogP contribution in [0.3, 0.4) is 0 Å². The number of aldehydes is 1. The summed E-state index contributed by atoms with van der Waals surface area (Å²) < 4.78 is 0. The zero-order valence-electron chi connectivity index (χ0n) is 18.7. The van der Waals surface area contributed by atoms with Crippen molar-refractivity contribution < 1.29 is 19.2 Å². The number of hydrogen-bond acceptors (Lipinski definition) is 9. The van der Waals surface area contributed by atoms with Gasteiger partial charge in [0.15, 0.2) is 12.1 Å². The van der Waals surface area contributed by atoms with E-state index in [1.54, 1.807) is 11.1 Å². The van der Waals surface area contributed by atoms with E-state index in [-0.39, 0.29) is 12.3 Å². The van der Waals surface area contributed by atoms with Crippen LogP contribution in [0.1, 0.15) is 35.6 Å². The van der Waals surface area contributed by atoms with Gasteiger partial charge in [0.05, 0.1) is 6.04 Å². The first-order valence-corrected chi connectivity index (χ1v) is 11.5. The molecule has 2 amide bonds. The van der Waals surface area contributed by atoms with Gasteiger partial charge >= 0.3 is 0 Å². The molecule has 0 spiro atoms. The zero-order valence-corrected chi connectivity index (χ0v) is 18.7. The Morgan fingerprint density at radius 2 is 1.94 bits per heavy atom. The lowest BCUT2D eigenvalue weighted by molar-refractivity contribution is -0.141. The van der Waals surface area contributed by atoms with E-state index >= 15 is 0 Å². The highest BCUT2D eigenvalue weighted by Crippen LogP contribution is 2.39. The van der Waals surface area contributed by atoms with E-state index in [1.807, 2.05) is 30.3 Å². The molecule has 0 bridgehead atoms. The van der Waals surface area contributed by atoms with E-state index in [9.17, 15) is 19.2 Å². The number of carbonyl (C=O) groups is 4. The number of nitrogens with one attached hydrogen (secondary N) is 1. The molecule has 5 rings (SSSR count). The van der Waals surface area contributed by atoms with Crippen LogP contribution in [0.15, 0.2) is 36.5 Å². The monoisotopic (exact) mass is 462 g/mol. The maximum Gasteiger partial charge on any atom is 0.243 e. The number of piperazine rings is 1. The number of piperidine rings is 1. The summed E-state index contributed by atoms with van der Waals surface area (Å²) in [6.07, 6.45) is 2.55. The highest BCUT2D eigenvalue weighted by molar-refractivity contribution is 6.27. The molecular formula is C24H26N6O4. The predicted octanol–water partition coefficient (Wildman–Crippen LogP) is 0.229. The van der Waals surface area contributed by atoms with Gasteiger partial charge in [-0.05, 0) is 35.2 Å². The Morgan fingerprint density at radius 1 is 1.12 bits per heavy atom. The smallest absolute Gasteiger partial charge is 0.243 e. The summed E-state index contributed by atoms with van der Waals surface area (Å²) in [6, 6.07) is 8.29. The molecule has 2 unspecified atom stereocenters. The number of hydrogen-bond donors (Lipinski definition) is 1. The van der Waals surface area contributed by atoms with Gasteiger partial charge in [0, 0.05) is 51.9 Å². The van der Waals surface area contributed by atoms with Crippen LogP contribution in [0.4, 0.5) is 5.82 Å². The summed E-state index contributed by atoms with van der Waals surface area (Å²) in [7, 11) is 0. The third-order valence-electron chi connectivity index (χ3n) is 6.89. The van der Waals surface area contributed by atoms with Crippen LogP contribution < -0.4 is 10.2 Å². The molecule has 2 fully saturated rings. The van der Waals surface area contributed by atoms with Crippen molar-refractivity contribution in [3.63, 3.8) is 0 Å². The van der Waals surface area contributed by atoms with Gasteiger partial charge in [-0.3, -0.25) is 34.3 Å². The minimum atomic E-state index is -0.812. The predicted molar refractivity (Wildman–Crippen MR) is 121 cm³/mol. The van der Waals surface area contributed by atoms with E-state index in [4.69, 9.17) is 0 Å². The van der Waals surface area contributed by atoms with Crippen molar-refractivity contribution in [3.05, 3.63) is 53.2 Å². The molecule has 2 saturated heterocycles. The third kappa shape index (κ3) is 4.22. The topological polar surface area (TPSA) is 116 Å². The number of fused-ring (bicyclic) bond motifs is 1. The number of Topliss-reactive ketones (excluding diaryl/α,β-unsaturated/α-hetero) is 1. The van der Waals surface area contributed by atoms with Crippen LogP contribution in [-0.2, 0) is 32.3 Å². The first kappa shape index (κ1) is 22.3. The van der Waals surface area contributed by atoms with Crippen LogP contribution >= 0.6 is 0 Å². The largest absolute Gasteiger partial charge is 0.353 e. The van der Waals surface area contributed by atoms with Gasteiger partial charge in [0.25, 0.3) is 0 Å². The molecule has 10 heteroatoms. The maximum atomic E-state index is 12.8. The Morgan fingerprint density at radius 3 is 2.65 bits per heavy atom. The number of nitrogens with zero attached hydrogens (tertiary/aromatic N) is 5. The number of benzene rings is 1.